The number of nitrogens with one attached hydrogen (secondary N) is 1. The average molecular weight is 292 g/mol. The fraction of sp³-hybridized carbons (Fsp3) is 0.231. The molecule has 0 aliphatic heterocycles. The van der Waals surface area contributed by atoms with Crippen LogP contribution in [0.25, 0.3) is 0 Å². The number of hydrogen-bond donors (Lipinski definition) is 2. The molecule has 0 saturated carbocycles. The number of thiophene rings is 2. The Morgan fingerprint density at radius 1 is 1.53 bits per heavy atom. The Labute approximate surface area is 118 Å². The van der Waals surface area contributed by atoms with Crippen molar-refractivity contribution in [3.05, 3.63) is 44.3 Å². The first-order valence-electron chi connectivity index (χ1n) is 5.65. The summed E-state index contributed by atoms with van der Waals surface area (Å²) in [6, 6.07) is 7.56. The van der Waals surface area contributed by atoms with Crippen LogP contribution in [-0.4, -0.2) is 11.1 Å². The highest BCUT2D eigenvalue weighted by atomic mass is 32.1. The second-order valence-corrected chi connectivity index (χ2v) is 5.94. The first-order valence-corrected chi connectivity index (χ1v) is 7.41. The number of nitriles is 1. The first-order chi connectivity index (χ1) is 9.19. The Kier molecular flexibility index (Phi) is 4.68. The van der Waals surface area contributed by atoms with E-state index in [1.807, 2.05) is 23.6 Å². The Hall–Kier alpha value is -1.68. The van der Waals surface area contributed by atoms with Gasteiger partial charge in [-0.05, 0) is 17.5 Å². The predicted molar refractivity (Wildman–Crippen MR) is 75.2 cm³/mol. The van der Waals surface area contributed by atoms with Crippen LogP contribution < -0.4 is 5.32 Å². The quantitative estimate of drug-likeness (QED) is 0.858. The van der Waals surface area contributed by atoms with E-state index in [2.05, 4.69) is 11.4 Å². The van der Waals surface area contributed by atoms with Crippen LogP contribution in [0.2, 0.25) is 0 Å². The van der Waals surface area contributed by atoms with E-state index < -0.39 is 5.97 Å². The monoisotopic (exact) mass is 292 g/mol. The van der Waals surface area contributed by atoms with Crippen molar-refractivity contribution in [1.29, 1.82) is 5.26 Å². The molecule has 0 amide bonds. The van der Waals surface area contributed by atoms with Gasteiger partial charge in [0.25, 0.3) is 0 Å². The van der Waals surface area contributed by atoms with Crippen LogP contribution in [0.3, 0.4) is 0 Å². The van der Waals surface area contributed by atoms with Crippen molar-refractivity contribution in [2.45, 2.75) is 19.0 Å². The Morgan fingerprint density at radius 2 is 2.37 bits per heavy atom. The summed E-state index contributed by atoms with van der Waals surface area (Å²) in [5.74, 6) is -0.824. The molecule has 1 unspecified atom stereocenters. The maximum atomic E-state index is 10.9. The Balaban J connectivity index is 2.00. The standard InChI is InChI=1S/C13H12N2O2S2/c14-6-9-4-10(19-8-9)7-15-11(5-13(16)17)12-2-1-3-18-12/h1-4,8,11,15H,5,7H2,(H,16,17). The number of carboxylic acids is 1. The van der Waals surface area contributed by atoms with Gasteiger partial charge in [-0.3, -0.25) is 4.79 Å². The van der Waals surface area contributed by atoms with Gasteiger partial charge in [-0.15, -0.1) is 22.7 Å². The Morgan fingerprint density at radius 3 is 2.95 bits per heavy atom. The molecule has 0 fully saturated rings. The molecule has 19 heavy (non-hydrogen) atoms. The molecule has 0 aliphatic rings. The lowest BCUT2D eigenvalue weighted by Crippen LogP contribution is -2.22. The second kappa shape index (κ2) is 6.48. The third-order valence-electron chi connectivity index (χ3n) is 2.57. The summed E-state index contributed by atoms with van der Waals surface area (Å²) >= 11 is 3.05. The van der Waals surface area contributed by atoms with E-state index in [-0.39, 0.29) is 12.5 Å². The highest BCUT2D eigenvalue weighted by molar-refractivity contribution is 7.10. The van der Waals surface area contributed by atoms with Gasteiger partial charge < -0.3 is 10.4 Å². The third kappa shape index (κ3) is 3.89. The van der Waals surface area contributed by atoms with Gasteiger partial charge in [0.05, 0.1) is 18.0 Å². The van der Waals surface area contributed by atoms with Gasteiger partial charge in [0.2, 0.25) is 0 Å². The molecule has 2 rings (SSSR count). The van der Waals surface area contributed by atoms with Crippen molar-refractivity contribution in [3.8, 4) is 6.07 Å². The van der Waals surface area contributed by atoms with Crippen molar-refractivity contribution in [2.75, 3.05) is 0 Å². The predicted octanol–water partition coefficient (Wildman–Crippen LogP) is 2.99. The molecule has 0 radical (unpaired) electrons. The molecule has 0 spiro atoms. The molecular weight excluding hydrogens is 280 g/mol. The lowest BCUT2D eigenvalue weighted by atomic mass is 10.1. The normalized spacial score (nSPS) is 11.9. The lowest BCUT2D eigenvalue weighted by molar-refractivity contribution is -0.137. The zero-order valence-corrected chi connectivity index (χ0v) is 11.6. The summed E-state index contributed by atoms with van der Waals surface area (Å²) in [7, 11) is 0. The van der Waals surface area contributed by atoms with Crippen molar-refractivity contribution in [2.24, 2.45) is 0 Å². The van der Waals surface area contributed by atoms with Gasteiger partial charge in [-0.1, -0.05) is 6.07 Å². The van der Waals surface area contributed by atoms with Crippen LogP contribution >= 0.6 is 22.7 Å². The number of carbonyl (C=O) groups is 1. The van der Waals surface area contributed by atoms with Crippen LogP contribution in [0.15, 0.2) is 29.0 Å². The minimum absolute atomic E-state index is 0.0526. The van der Waals surface area contributed by atoms with Crippen LogP contribution in [0.1, 0.15) is 27.8 Å². The topological polar surface area (TPSA) is 73.1 Å². The van der Waals surface area contributed by atoms with E-state index >= 15 is 0 Å². The number of nitrogens with zero attached hydrogens (tertiary/aromatic N) is 1. The molecule has 2 N–H and O–H groups in total. The van der Waals surface area contributed by atoms with Crippen LogP contribution in [-0.2, 0) is 11.3 Å². The zero-order valence-electron chi connectivity index (χ0n) is 10.00. The number of rotatable bonds is 6. The molecular formula is C13H12N2O2S2. The first kappa shape index (κ1) is 13.7. The average Bonchev–Trinajstić information content (AvgIpc) is 3.05. The van der Waals surface area contributed by atoms with Crippen molar-refractivity contribution < 1.29 is 9.90 Å². The maximum absolute atomic E-state index is 10.9. The fourth-order valence-corrected chi connectivity index (χ4v) is 3.26. The lowest BCUT2D eigenvalue weighted by Gasteiger charge is -2.14. The van der Waals surface area contributed by atoms with Crippen LogP contribution in [0, 0.1) is 11.3 Å². The largest absolute Gasteiger partial charge is 0.481 e. The SMILES string of the molecule is N#Cc1csc(CNC(CC(=O)O)c2cccs2)c1. The van der Waals surface area contributed by atoms with E-state index in [4.69, 9.17) is 10.4 Å². The van der Waals surface area contributed by atoms with E-state index in [9.17, 15) is 4.79 Å². The summed E-state index contributed by atoms with van der Waals surface area (Å²) in [6.07, 6.45) is 0.0526. The van der Waals surface area contributed by atoms with Crippen LogP contribution in [0.5, 0.6) is 0 Å². The molecule has 0 aliphatic carbocycles. The molecule has 0 bridgehead atoms. The van der Waals surface area contributed by atoms with E-state index in [1.165, 1.54) is 11.3 Å². The third-order valence-corrected chi connectivity index (χ3v) is 4.49. The Bertz CT molecular complexity index is 584. The van der Waals surface area contributed by atoms with E-state index in [1.54, 1.807) is 16.7 Å². The summed E-state index contributed by atoms with van der Waals surface area (Å²) in [5.41, 5.74) is 0.646. The molecule has 2 aromatic rings. The van der Waals surface area contributed by atoms with Gasteiger partial charge in [-0.25, -0.2) is 0 Å². The molecule has 4 nitrogen and oxygen atoms in total. The molecule has 0 saturated heterocycles. The number of carboxylic acid groups (broad SMARTS) is 1. The fourth-order valence-electron chi connectivity index (χ4n) is 1.69. The minimum Gasteiger partial charge on any atom is -0.481 e. The van der Waals surface area contributed by atoms with Crippen LogP contribution in [0.4, 0.5) is 0 Å². The maximum Gasteiger partial charge on any atom is 0.305 e. The molecule has 0 aromatic carbocycles. The molecule has 98 valence electrons. The summed E-state index contributed by atoms with van der Waals surface area (Å²) in [6.45, 7) is 0.572. The van der Waals surface area contributed by atoms with Gasteiger partial charge >= 0.3 is 5.97 Å². The van der Waals surface area contributed by atoms with E-state index in [0.717, 1.165) is 9.75 Å². The smallest absolute Gasteiger partial charge is 0.305 e. The van der Waals surface area contributed by atoms with Gasteiger partial charge in [-0.2, -0.15) is 5.26 Å². The number of aliphatic carboxylic acids is 1. The summed E-state index contributed by atoms with van der Waals surface area (Å²) < 4.78 is 0. The minimum atomic E-state index is -0.824. The molecule has 6 heteroatoms. The molecule has 2 aromatic heterocycles. The summed E-state index contributed by atoms with van der Waals surface area (Å²) in [4.78, 5) is 12.9. The second-order valence-electron chi connectivity index (χ2n) is 3.96. The van der Waals surface area contributed by atoms with Crippen molar-refractivity contribution in [3.63, 3.8) is 0 Å². The van der Waals surface area contributed by atoms with Gasteiger partial charge in [0.15, 0.2) is 0 Å². The highest BCUT2D eigenvalue weighted by Gasteiger charge is 2.16. The van der Waals surface area contributed by atoms with Crippen molar-refractivity contribution >= 4 is 28.6 Å². The molecule has 2 heterocycles. The molecule has 1 atom stereocenters. The van der Waals surface area contributed by atoms with E-state index in [0.29, 0.717) is 12.1 Å². The zero-order chi connectivity index (χ0) is 13.7. The van der Waals surface area contributed by atoms with Gasteiger partial charge in [0, 0.05) is 21.7 Å². The number of hydrogen-bond acceptors (Lipinski definition) is 5. The van der Waals surface area contributed by atoms with Crippen molar-refractivity contribution in [1.82, 2.24) is 5.32 Å². The highest BCUT2D eigenvalue weighted by Crippen LogP contribution is 2.23. The van der Waals surface area contributed by atoms with Gasteiger partial charge in [0.1, 0.15) is 6.07 Å². The summed E-state index contributed by atoms with van der Waals surface area (Å²) in [5, 5.41) is 24.7.